The van der Waals surface area contributed by atoms with Crippen LogP contribution in [0.1, 0.15) is 24.0 Å². The van der Waals surface area contributed by atoms with E-state index in [1.165, 1.54) is 14.2 Å². The second-order valence-corrected chi connectivity index (χ2v) is 8.20. The van der Waals surface area contributed by atoms with Gasteiger partial charge in [0.05, 0.1) is 27.4 Å². The van der Waals surface area contributed by atoms with Gasteiger partial charge in [-0.2, -0.15) is 0 Å². The van der Waals surface area contributed by atoms with Crippen molar-refractivity contribution < 1.29 is 32.7 Å². The lowest BCUT2D eigenvalue weighted by Gasteiger charge is -2.14. The minimum absolute atomic E-state index is 0.0205. The Morgan fingerprint density at radius 2 is 1.39 bits per heavy atom. The maximum absolute atomic E-state index is 13.3. The molecule has 0 aliphatic rings. The van der Waals surface area contributed by atoms with Gasteiger partial charge in [0.15, 0.2) is 0 Å². The number of hydrogen-bond acceptors (Lipinski definition) is 7. The maximum atomic E-state index is 13.3. The van der Waals surface area contributed by atoms with E-state index < -0.39 is 25.5 Å². The first-order chi connectivity index (χ1) is 15.0. The Hall–Kier alpha value is -2.91. The summed E-state index contributed by atoms with van der Waals surface area (Å²) in [5.74, 6) is 0.513. The summed E-state index contributed by atoms with van der Waals surface area (Å²) in [6, 6.07) is 18.3. The third-order valence-electron chi connectivity index (χ3n) is 4.21. The van der Waals surface area contributed by atoms with E-state index in [1.807, 2.05) is 60.7 Å². The van der Waals surface area contributed by atoms with Gasteiger partial charge in [-0.15, -0.1) is 0 Å². The van der Waals surface area contributed by atoms with Crippen molar-refractivity contribution in [2.75, 3.05) is 14.2 Å². The zero-order chi connectivity index (χ0) is 22.5. The summed E-state index contributed by atoms with van der Waals surface area (Å²) in [6.07, 6.45) is 0.0225. The van der Waals surface area contributed by atoms with Crippen molar-refractivity contribution in [3.8, 4) is 11.6 Å². The lowest BCUT2D eigenvalue weighted by Crippen LogP contribution is -2.16. The van der Waals surface area contributed by atoms with E-state index in [1.54, 1.807) is 0 Å². The van der Waals surface area contributed by atoms with Crippen LogP contribution in [0.4, 0.5) is 0 Å². The molecule has 0 aliphatic carbocycles. The molecule has 2 aromatic carbocycles. The largest absolute Gasteiger partial charge is 0.469 e. The highest BCUT2D eigenvalue weighted by molar-refractivity contribution is 7.59. The quantitative estimate of drug-likeness (QED) is 0.306. The molecule has 0 fully saturated rings. The highest BCUT2D eigenvalue weighted by atomic mass is 31.2. The van der Waals surface area contributed by atoms with E-state index in [-0.39, 0.29) is 26.1 Å². The van der Waals surface area contributed by atoms with E-state index >= 15 is 0 Å². The predicted molar refractivity (Wildman–Crippen MR) is 115 cm³/mol. The molecule has 2 aromatic rings. The topological polar surface area (TPSA) is 88.1 Å². The van der Waals surface area contributed by atoms with Gasteiger partial charge in [-0.25, -0.2) is 4.57 Å². The van der Waals surface area contributed by atoms with Gasteiger partial charge in [-0.3, -0.25) is 18.6 Å². The van der Waals surface area contributed by atoms with Crippen molar-refractivity contribution in [3.63, 3.8) is 0 Å². The van der Waals surface area contributed by atoms with Crippen LogP contribution in [0.2, 0.25) is 0 Å². The Kier molecular flexibility index (Phi) is 9.99. The average molecular weight is 444 g/mol. The molecule has 0 saturated carbocycles. The van der Waals surface area contributed by atoms with Gasteiger partial charge < -0.3 is 9.47 Å². The number of hydrogen-bond donors (Lipinski definition) is 0. The average Bonchev–Trinajstić information content (AvgIpc) is 2.82. The Morgan fingerprint density at radius 1 is 0.871 bits per heavy atom. The van der Waals surface area contributed by atoms with E-state index in [0.29, 0.717) is 0 Å². The van der Waals surface area contributed by atoms with Gasteiger partial charge in [0.25, 0.3) is 0 Å². The molecule has 31 heavy (non-hydrogen) atoms. The third kappa shape index (κ3) is 8.77. The SMILES string of the molecule is COC(=O)CCC(C#CP(=O)(OCc1ccccc1)OCc1ccccc1)C(=O)OC. The Labute approximate surface area is 182 Å². The van der Waals surface area contributed by atoms with Crippen LogP contribution in [-0.4, -0.2) is 26.2 Å². The number of benzene rings is 2. The number of esters is 2. The molecule has 0 saturated heterocycles. The highest BCUT2D eigenvalue weighted by Crippen LogP contribution is 2.48. The first-order valence-corrected chi connectivity index (χ1v) is 11.1. The molecule has 0 aromatic heterocycles. The molecule has 1 atom stereocenters. The summed E-state index contributed by atoms with van der Waals surface area (Å²) in [5, 5.41) is 0. The lowest BCUT2D eigenvalue weighted by atomic mass is 10.1. The van der Waals surface area contributed by atoms with Crippen LogP contribution in [0.15, 0.2) is 60.7 Å². The van der Waals surface area contributed by atoms with Crippen molar-refractivity contribution in [2.24, 2.45) is 5.92 Å². The van der Waals surface area contributed by atoms with Gasteiger partial charge in [-0.1, -0.05) is 66.6 Å². The second-order valence-electron chi connectivity index (χ2n) is 6.46. The number of carbonyl (C=O) groups excluding carboxylic acids is 2. The van der Waals surface area contributed by atoms with Crippen LogP contribution in [0.5, 0.6) is 0 Å². The fraction of sp³-hybridized carbons (Fsp3) is 0.304. The van der Waals surface area contributed by atoms with Gasteiger partial charge >= 0.3 is 19.5 Å². The van der Waals surface area contributed by atoms with Crippen LogP contribution >= 0.6 is 7.60 Å². The van der Waals surface area contributed by atoms with E-state index in [4.69, 9.17) is 13.8 Å². The second kappa shape index (κ2) is 12.7. The summed E-state index contributed by atoms with van der Waals surface area (Å²) in [6.45, 7) is 0.0410. The normalized spacial score (nSPS) is 11.7. The molecule has 0 radical (unpaired) electrons. The standard InChI is InChI=1S/C23H25O7P/c1-27-22(24)14-13-21(23(25)28-2)15-16-31(26,29-17-19-9-5-3-6-10-19)30-18-20-11-7-4-8-12-20/h3-12,21H,13-14,17-18H2,1-2H3. The summed E-state index contributed by atoms with van der Waals surface area (Å²) >= 11 is 0. The number of methoxy groups -OCH3 is 2. The van der Waals surface area contributed by atoms with Gasteiger partial charge in [0, 0.05) is 12.1 Å². The first kappa shape index (κ1) is 24.4. The van der Waals surface area contributed by atoms with Crippen molar-refractivity contribution in [1.82, 2.24) is 0 Å². The Bertz CT molecular complexity index is 901. The minimum Gasteiger partial charge on any atom is -0.469 e. The molecule has 0 amide bonds. The molecule has 0 spiro atoms. The Balaban J connectivity index is 2.19. The molecule has 8 heteroatoms. The van der Waals surface area contributed by atoms with Crippen LogP contribution < -0.4 is 0 Å². The molecule has 7 nitrogen and oxygen atoms in total. The van der Waals surface area contributed by atoms with Crippen LogP contribution in [0, 0.1) is 17.5 Å². The van der Waals surface area contributed by atoms with Crippen LogP contribution in [-0.2, 0) is 45.9 Å². The van der Waals surface area contributed by atoms with E-state index in [9.17, 15) is 14.2 Å². The molecular weight excluding hydrogens is 419 g/mol. The highest BCUT2D eigenvalue weighted by Gasteiger charge is 2.25. The summed E-state index contributed by atoms with van der Waals surface area (Å²) < 4.78 is 33.8. The summed E-state index contributed by atoms with van der Waals surface area (Å²) in [4.78, 5) is 23.5. The molecule has 164 valence electrons. The molecular formula is C23H25O7P. The van der Waals surface area contributed by atoms with E-state index in [2.05, 4.69) is 16.3 Å². The fourth-order valence-corrected chi connectivity index (χ4v) is 3.64. The number of rotatable bonds is 10. The third-order valence-corrected chi connectivity index (χ3v) is 5.56. The van der Waals surface area contributed by atoms with Crippen molar-refractivity contribution >= 4 is 19.5 Å². The first-order valence-electron chi connectivity index (χ1n) is 9.60. The molecule has 1 unspecified atom stereocenters. The summed E-state index contributed by atoms with van der Waals surface area (Å²) in [5.41, 5.74) is 4.09. The zero-order valence-corrected chi connectivity index (χ0v) is 18.4. The zero-order valence-electron chi connectivity index (χ0n) is 17.5. The number of carbonyl (C=O) groups is 2. The molecule has 0 aliphatic heterocycles. The molecule has 0 N–H and O–H groups in total. The van der Waals surface area contributed by atoms with Gasteiger partial charge in [0.1, 0.15) is 5.92 Å². The number of ether oxygens (including phenoxy) is 2. The predicted octanol–water partition coefficient (Wildman–Crippen LogP) is 4.32. The Morgan fingerprint density at radius 3 is 1.84 bits per heavy atom. The van der Waals surface area contributed by atoms with Crippen LogP contribution in [0.3, 0.4) is 0 Å². The molecule has 2 rings (SSSR count). The van der Waals surface area contributed by atoms with Gasteiger partial charge in [0.2, 0.25) is 0 Å². The maximum Gasteiger partial charge on any atom is 0.406 e. The lowest BCUT2D eigenvalue weighted by molar-refractivity contribution is -0.144. The van der Waals surface area contributed by atoms with E-state index in [0.717, 1.165) is 11.1 Å². The molecule has 0 bridgehead atoms. The van der Waals surface area contributed by atoms with Gasteiger partial charge in [-0.05, 0) is 17.5 Å². The summed E-state index contributed by atoms with van der Waals surface area (Å²) in [7, 11) is -1.42. The molecule has 0 heterocycles. The van der Waals surface area contributed by atoms with Crippen molar-refractivity contribution in [3.05, 3.63) is 71.8 Å². The minimum atomic E-state index is -3.89. The monoisotopic (exact) mass is 444 g/mol. The van der Waals surface area contributed by atoms with Crippen molar-refractivity contribution in [2.45, 2.75) is 26.1 Å². The van der Waals surface area contributed by atoms with Crippen LogP contribution in [0.25, 0.3) is 0 Å². The smallest absolute Gasteiger partial charge is 0.406 e. The van der Waals surface area contributed by atoms with Crippen molar-refractivity contribution in [1.29, 1.82) is 0 Å². The fourth-order valence-electron chi connectivity index (χ4n) is 2.48.